The average molecular weight is 228 g/mol. The molecular weight excluding hydrogens is 212 g/mol. The summed E-state index contributed by atoms with van der Waals surface area (Å²) < 4.78 is 5.10. The van der Waals surface area contributed by atoms with Crippen LogP contribution in [0.1, 0.15) is 18.8 Å². The Hall–Kier alpha value is -0.750. The number of nitrogens with zero attached hydrogens (tertiary/aromatic N) is 3. The molecule has 1 atom stereocenters. The molecule has 15 heavy (non-hydrogen) atoms. The smallest absolute Gasteiger partial charge is 0.321 e. The highest BCUT2D eigenvalue weighted by atomic mass is 32.2. The van der Waals surface area contributed by atoms with Gasteiger partial charge in [0.25, 0.3) is 0 Å². The van der Waals surface area contributed by atoms with Crippen LogP contribution in [-0.2, 0) is 0 Å². The molecule has 1 fully saturated rings. The van der Waals surface area contributed by atoms with Crippen molar-refractivity contribution in [3.8, 4) is 0 Å². The first kappa shape index (κ1) is 10.8. The van der Waals surface area contributed by atoms with Gasteiger partial charge < -0.3 is 9.84 Å². The normalized spacial score (nSPS) is 22.9. The molecule has 0 amide bonds. The minimum Gasteiger partial charge on any atom is -0.338 e. The molecule has 5 nitrogen and oxygen atoms in total. The second-order valence-corrected chi connectivity index (χ2v) is 4.71. The maximum Gasteiger partial charge on any atom is 0.321 e. The van der Waals surface area contributed by atoms with E-state index in [2.05, 4.69) is 27.4 Å². The number of thioether (sulfide) groups is 1. The third-order valence-corrected chi connectivity index (χ3v) is 3.49. The second kappa shape index (κ2) is 4.85. The molecule has 1 aromatic heterocycles. The van der Waals surface area contributed by atoms with Gasteiger partial charge in [-0.25, -0.2) is 0 Å². The van der Waals surface area contributed by atoms with Crippen molar-refractivity contribution in [3.05, 3.63) is 5.82 Å². The highest BCUT2D eigenvalue weighted by molar-refractivity contribution is 7.99. The van der Waals surface area contributed by atoms with Gasteiger partial charge >= 0.3 is 6.01 Å². The predicted octanol–water partition coefficient (Wildman–Crippen LogP) is 1.22. The molecule has 0 spiro atoms. The molecule has 84 valence electrons. The molecule has 1 aromatic rings. The van der Waals surface area contributed by atoms with Crippen LogP contribution in [-0.4, -0.2) is 46.7 Å². The number of hydrogen-bond acceptors (Lipinski definition) is 6. The lowest BCUT2D eigenvalue weighted by Gasteiger charge is -2.29. The van der Waals surface area contributed by atoms with Gasteiger partial charge in [0.15, 0.2) is 5.82 Å². The fourth-order valence-electron chi connectivity index (χ4n) is 1.55. The molecule has 1 saturated heterocycles. The summed E-state index contributed by atoms with van der Waals surface area (Å²) >= 11 is 1.94. The number of rotatable bonds is 3. The number of anilines is 1. The topological polar surface area (TPSA) is 54.2 Å². The summed E-state index contributed by atoms with van der Waals surface area (Å²) in [7, 11) is 2.10. The zero-order valence-corrected chi connectivity index (χ0v) is 9.88. The monoisotopic (exact) mass is 228 g/mol. The molecule has 0 aliphatic carbocycles. The molecule has 1 N–H and O–H groups in total. The van der Waals surface area contributed by atoms with E-state index in [1.165, 1.54) is 5.75 Å². The fourth-order valence-corrected chi connectivity index (χ4v) is 2.76. The standard InChI is InChI=1S/C9H16N4OS/c1-3-10-9-11-8(12-14-9)7-6-15-5-4-13(7)2/h7H,3-6H2,1-2H3,(H,10,11,12). The highest BCUT2D eigenvalue weighted by Crippen LogP contribution is 2.26. The van der Waals surface area contributed by atoms with Crippen LogP contribution in [0.15, 0.2) is 4.52 Å². The first-order valence-corrected chi connectivity index (χ1v) is 6.32. The molecule has 6 heteroatoms. The zero-order valence-electron chi connectivity index (χ0n) is 9.06. The van der Waals surface area contributed by atoms with E-state index in [0.29, 0.717) is 12.1 Å². The Kier molecular flexibility index (Phi) is 3.48. The van der Waals surface area contributed by atoms with Gasteiger partial charge in [0.1, 0.15) is 0 Å². The summed E-state index contributed by atoms with van der Waals surface area (Å²) in [4.78, 5) is 6.61. The minimum atomic E-state index is 0.292. The first-order chi connectivity index (χ1) is 7.31. The van der Waals surface area contributed by atoms with Crippen LogP contribution in [0.2, 0.25) is 0 Å². The van der Waals surface area contributed by atoms with E-state index >= 15 is 0 Å². The second-order valence-electron chi connectivity index (χ2n) is 3.56. The highest BCUT2D eigenvalue weighted by Gasteiger charge is 2.25. The van der Waals surface area contributed by atoms with Crippen molar-refractivity contribution in [2.75, 3.05) is 37.0 Å². The Balaban J connectivity index is 2.06. The summed E-state index contributed by atoms with van der Waals surface area (Å²) in [5.74, 6) is 3.02. The molecule has 1 unspecified atom stereocenters. The quantitative estimate of drug-likeness (QED) is 0.839. The summed E-state index contributed by atoms with van der Waals surface area (Å²) in [6.07, 6.45) is 0. The van der Waals surface area contributed by atoms with E-state index < -0.39 is 0 Å². The Morgan fingerprint density at radius 3 is 3.27 bits per heavy atom. The van der Waals surface area contributed by atoms with Gasteiger partial charge in [-0.15, -0.1) is 0 Å². The number of aromatic nitrogens is 2. The lowest BCUT2D eigenvalue weighted by Crippen LogP contribution is -2.33. The van der Waals surface area contributed by atoms with Crippen molar-refractivity contribution in [1.82, 2.24) is 15.0 Å². The van der Waals surface area contributed by atoms with Gasteiger partial charge in [-0.1, -0.05) is 5.16 Å². The van der Waals surface area contributed by atoms with Crippen LogP contribution in [0.3, 0.4) is 0 Å². The van der Waals surface area contributed by atoms with Crippen molar-refractivity contribution in [2.24, 2.45) is 0 Å². The summed E-state index contributed by atoms with van der Waals surface area (Å²) in [6, 6.07) is 0.816. The SMILES string of the molecule is CCNc1nc(C2CSCCN2C)no1. The van der Waals surface area contributed by atoms with Gasteiger partial charge in [0, 0.05) is 24.6 Å². The van der Waals surface area contributed by atoms with Crippen molar-refractivity contribution in [3.63, 3.8) is 0 Å². The van der Waals surface area contributed by atoms with Gasteiger partial charge in [0.05, 0.1) is 6.04 Å². The largest absolute Gasteiger partial charge is 0.338 e. The van der Waals surface area contributed by atoms with Crippen molar-refractivity contribution < 1.29 is 4.52 Å². The molecule has 0 aromatic carbocycles. The lowest BCUT2D eigenvalue weighted by atomic mass is 10.3. The Bertz CT molecular complexity index is 317. The number of nitrogens with one attached hydrogen (secondary N) is 1. The molecule has 0 radical (unpaired) electrons. The minimum absolute atomic E-state index is 0.292. The fraction of sp³-hybridized carbons (Fsp3) is 0.778. The average Bonchev–Trinajstić information content (AvgIpc) is 2.68. The van der Waals surface area contributed by atoms with E-state index in [9.17, 15) is 0 Å². The van der Waals surface area contributed by atoms with Crippen molar-refractivity contribution in [2.45, 2.75) is 13.0 Å². The maximum atomic E-state index is 5.10. The Labute approximate surface area is 93.6 Å². The summed E-state index contributed by atoms with van der Waals surface area (Å²) in [5, 5.41) is 7.02. The van der Waals surface area contributed by atoms with Gasteiger partial charge in [-0.05, 0) is 14.0 Å². The van der Waals surface area contributed by atoms with Crippen LogP contribution in [0.4, 0.5) is 6.01 Å². The lowest BCUT2D eigenvalue weighted by molar-refractivity contribution is 0.257. The molecule has 0 saturated carbocycles. The van der Waals surface area contributed by atoms with E-state index in [-0.39, 0.29) is 0 Å². The van der Waals surface area contributed by atoms with E-state index in [1.54, 1.807) is 0 Å². The van der Waals surface area contributed by atoms with Gasteiger partial charge in [0.2, 0.25) is 0 Å². The summed E-state index contributed by atoms with van der Waals surface area (Å²) in [5.41, 5.74) is 0. The molecular formula is C9H16N4OS. The molecule has 1 aliphatic heterocycles. The predicted molar refractivity (Wildman–Crippen MR) is 61.2 cm³/mol. The third kappa shape index (κ3) is 2.43. The maximum absolute atomic E-state index is 5.10. The molecule has 1 aliphatic rings. The number of hydrogen-bond donors (Lipinski definition) is 1. The van der Waals surface area contributed by atoms with Gasteiger partial charge in [-0.2, -0.15) is 16.7 Å². The molecule has 0 bridgehead atoms. The van der Waals surface area contributed by atoms with Crippen molar-refractivity contribution in [1.29, 1.82) is 0 Å². The zero-order chi connectivity index (χ0) is 10.7. The van der Waals surface area contributed by atoms with E-state index in [0.717, 1.165) is 24.7 Å². The van der Waals surface area contributed by atoms with Crippen LogP contribution < -0.4 is 5.32 Å². The Morgan fingerprint density at radius 1 is 1.67 bits per heavy atom. The Morgan fingerprint density at radius 2 is 2.53 bits per heavy atom. The van der Waals surface area contributed by atoms with E-state index in [4.69, 9.17) is 4.52 Å². The van der Waals surface area contributed by atoms with Crippen LogP contribution >= 0.6 is 11.8 Å². The van der Waals surface area contributed by atoms with Crippen LogP contribution in [0.25, 0.3) is 0 Å². The molecule has 2 rings (SSSR count). The summed E-state index contributed by atoms with van der Waals surface area (Å²) in [6.45, 7) is 3.89. The molecule has 2 heterocycles. The van der Waals surface area contributed by atoms with Crippen LogP contribution in [0, 0.1) is 0 Å². The van der Waals surface area contributed by atoms with Crippen molar-refractivity contribution >= 4 is 17.8 Å². The first-order valence-electron chi connectivity index (χ1n) is 5.16. The van der Waals surface area contributed by atoms with E-state index in [1.807, 2.05) is 18.7 Å². The van der Waals surface area contributed by atoms with Crippen LogP contribution in [0.5, 0.6) is 0 Å². The third-order valence-electron chi connectivity index (χ3n) is 2.46. The van der Waals surface area contributed by atoms with Gasteiger partial charge in [-0.3, -0.25) is 4.90 Å².